The van der Waals surface area contributed by atoms with Crippen LogP contribution in [-0.4, -0.2) is 48.5 Å². The Labute approximate surface area is 93.4 Å². The minimum Gasteiger partial charge on any atom is -0.389 e. The first kappa shape index (κ1) is 12.9. The first-order valence-corrected chi connectivity index (χ1v) is 6.24. The zero-order chi connectivity index (χ0) is 11.1. The molecule has 0 saturated carbocycles. The van der Waals surface area contributed by atoms with Gasteiger partial charge in [0, 0.05) is 19.2 Å². The van der Waals surface area contributed by atoms with Crippen LogP contribution in [0.15, 0.2) is 0 Å². The van der Waals surface area contributed by atoms with Gasteiger partial charge in [0.25, 0.3) is 0 Å². The molecule has 1 rings (SSSR count). The SMILES string of the molecule is CCCCOC[C@H](O)CN1CCC[C@@H]1C. The van der Waals surface area contributed by atoms with Crippen LogP contribution in [0.1, 0.15) is 39.5 Å². The van der Waals surface area contributed by atoms with Gasteiger partial charge in [0.1, 0.15) is 0 Å². The van der Waals surface area contributed by atoms with Crippen LogP contribution >= 0.6 is 0 Å². The Morgan fingerprint density at radius 2 is 2.33 bits per heavy atom. The lowest BCUT2D eigenvalue weighted by atomic mass is 10.2. The van der Waals surface area contributed by atoms with Gasteiger partial charge in [0.15, 0.2) is 0 Å². The Morgan fingerprint density at radius 1 is 1.53 bits per heavy atom. The molecule has 0 spiro atoms. The van der Waals surface area contributed by atoms with Gasteiger partial charge in [-0.3, -0.25) is 4.90 Å². The summed E-state index contributed by atoms with van der Waals surface area (Å²) in [6, 6.07) is 0.635. The smallest absolute Gasteiger partial charge is 0.0900 e. The molecular formula is C12H25NO2. The molecular weight excluding hydrogens is 190 g/mol. The van der Waals surface area contributed by atoms with E-state index in [9.17, 15) is 5.11 Å². The summed E-state index contributed by atoms with van der Waals surface area (Å²) in [5.74, 6) is 0. The zero-order valence-electron chi connectivity index (χ0n) is 10.1. The first-order valence-electron chi connectivity index (χ1n) is 6.24. The summed E-state index contributed by atoms with van der Waals surface area (Å²) >= 11 is 0. The van der Waals surface area contributed by atoms with Crippen molar-refractivity contribution in [3.05, 3.63) is 0 Å². The van der Waals surface area contributed by atoms with Crippen molar-refractivity contribution in [2.45, 2.75) is 51.7 Å². The number of aliphatic hydroxyl groups is 1. The van der Waals surface area contributed by atoms with Crippen LogP contribution in [0, 0.1) is 0 Å². The van der Waals surface area contributed by atoms with E-state index in [1.54, 1.807) is 0 Å². The Balaban J connectivity index is 2.04. The highest BCUT2D eigenvalue weighted by Crippen LogP contribution is 2.16. The van der Waals surface area contributed by atoms with E-state index in [1.165, 1.54) is 12.8 Å². The molecule has 3 heteroatoms. The third-order valence-electron chi connectivity index (χ3n) is 3.09. The quantitative estimate of drug-likeness (QED) is 0.655. The Kier molecular flexibility index (Phi) is 6.22. The lowest BCUT2D eigenvalue weighted by Gasteiger charge is -2.23. The fourth-order valence-corrected chi connectivity index (χ4v) is 2.05. The average molecular weight is 215 g/mol. The Morgan fingerprint density at radius 3 is 2.93 bits per heavy atom. The van der Waals surface area contributed by atoms with Crippen LogP contribution < -0.4 is 0 Å². The summed E-state index contributed by atoms with van der Waals surface area (Å²) in [5.41, 5.74) is 0. The van der Waals surface area contributed by atoms with E-state index in [0.29, 0.717) is 12.6 Å². The molecule has 0 aromatic heterocycles. The second-order valence-corrected chi connectivity index (χ2v) is 4.57. The molecule has 0 unspecified atom stereocenters. The largest absolute Gasteiger partial charge is 0.389 e. The number of hydrogen-bond donors (Lipinski definition) is 1. The summed E-state index contributed by atoms with van der Waals surface area (Å²) in [5, 5.41) is 9.76. The number of likely N-dealkylation sites (tertiary alicyclic amines) is 1. The number of hydrogen-bond acceptors (Lipinski definition) is 3. The predicted molar refractivity (Wildman–Crippen MR) is 62.0 cm³/mol. The number of nitrogens with zero attached hydrogens (tertiary/aromatic N) is 1. The van der Waals surface area contributed by atoms with Crippen LogP contribution in [0.25, 0.3) is 0 Å². The maximum absolute atomic E-state index is 9.76. The van der Waals surface area contributed by atoms with Crippen molar-refractivity contribution >= 4 is 0 Å². The molecule has 0 aromatic rings. The number of ether oxygens (including phenoxy) is 1. The third kappa shape index (κ3) is 4.96. The highest BCUT2D eigenvalue weighted by molar-refractivity contribution is 4.77. The topological polar surface area (TPSA) is 32.7 Å². The molecule has 0 radical (unpaired) electrons. The highest BCUT2D eigenvalue weighted by Gasteiger charge is 2.22. The van der Waals surface area contributed by atoms with E-state index in [2.05, 4.69) is 18.7 Å². The van der Waals surface area contributed by atoms with Gasteiger partial charge in [0.2, 0.25) is 0 Å². The van der Waals surface area contributed by atoms with Crippen molar-refractivity contribution in [2.24, 2.45) is 0 Å². The molecule has 1 saturated heterocycles. The second kappa shape index (κ2) is 7.20. The molecule has 0 amide bonds. The van der Waals surface area contributed by atoms with E-state index in [-0.39, 0.29) is 6.10 Å². The number of unbranched alkanes of at least 4 members (excludes halogenated alkanes) is 1. The molecule has 0 bridgehead atoms. The molecule has 15 heavy (non-hydrogen) atoms. The van der Waals surface area contributed by atoms with Crippen LogP contribution in [0.3, 0.4) is 0 Å². The minimum atomic E-state index is -0.317. The van der Waals surface area contributed by atoms with E-state index < -0.39 is 0 Å². The van der Waals surface area contributed by atoms with Gasteiger partial charge in [-0.05, 0) is 32.7 Å². The lowest BCUT2D eigenvalue weighted by molar-refractivity contribution is 0.0147. The normalized spacial score (nSPS) is 24.6. The molecule has 1 fully saturated rings. The summed E-state index contributed by atoms with van der Waals surface area (Å²) in [4.78, 5) is 2.36. The van der Waals surface area contributed by atoms with Crippen molar-refractivity contribution in [1.82, 2.24) is 4.90 Å². The molecule has 2 atom stereocenters. The van der Waals surface area contributed by atoms with Crippen LogP contribution in [-0.2, 0) is 4.74 Å². The van der Waals surface area contributed by atoms with Crippen LogP contribution in [0.5, 0.6) is 0 Å². The fourth-order valence-electron chi connectivity index (χ4n) is 2.05. The van der Waals surface area contributed by atoms with Crippen LogP contribution in [0.2, 0.25) is 0 Å². The summed E-state index contributed by atoms with van der Waals surface area (Å²) < 4.78 is 5.40. The van der Waals surface area contributed by atoms with Crippen molar-refractivity contribution in [3.63, 3.8) is 0 Å². The van der Waals surface area contributed by atoms with Gasteiger partial charge in [-0.2, -0.15) is 0 Å². The van der Waals surface area contributed by atoms with Gasteiger partial charge < -0.3 is 9.84 Å². The molecule has 0 aliphatic carbocycles. The van der Waals surface area contributed by atoms with Crippen molar-refractivity contribution in [2.75, 3.05) is 26.3 Å². The maximum atomic E-state index is 9.76. The Hall–Kier alpha value is -0.120. The predicted octanol–water partition coefficient (Wildman–Crippen LogP) is 1.65. The molecule has 90 valence electrons. The van der Waals surface area contributed by atoms with Gasteiger partial charge in [-0.1, -0.05) is 13.3 Å². The molecule has 3 nitrogen and oxygen atoms in total. The van der Waals surface area contributed by atoms with Crippen LogP contribution in [0.4, 0.5) is 0 Å². The molecule has 1 N–H and O–H groups in total. The minimum absolute atomic E-state index is 0.317. The first-order chi connectivity index (χ1) is 7.24. The number of β-amino-alcohol motifs (C(OH)–C–C–N with tert-alkyl or cyclic N) is 1. The van der Waals surface area contributed by atoms with E-state index in [0.717, 1.165) is 32.5 Å². The van der Waals surface area contributed by atoms with E-state index in [1.807, 2.05) is 0 Å². The van der Waals surface area contributed by atoms with Gasteiger partial charge in [-0.25, -0.2) is 0 Å². The lowest BCUT2D eigenvalue weighted by Crippen LogP contribution is -2.36. The molecule has 1 aliphatic heterocycles. The zero-order valence-corrected chi connectivity index (χ0v) is 10.1. The average Bonchev–Trinajstić information content (AvgIpc) is 2.59. The van der Waals surface area contributed by atoms with Gasteiger partial charge >= 0.3 is 0 Å². The summed E-state index contributed by atoms with van der Waals surface area (Å²) in [6.07, 6.45) is 4.46. The highest BCUT2D eigenvalue weighted by atomic mass is 16.5. The second-order valence-electron chi connectivity index (χ2n) is 4.57. The van der Waals surface area contributed by atoms with E-state index in [4.69, 9.17) is 4.74 Å². The van der Waals surface area contributed by atoms with Crippen molar-refractivity contribution in [3.8, 4) is 0 Å². The van der Waals surface area contributed by atoms with Gasteiger partial charge in [-0.15, -0.1) is 0 Å². The molecule has 1 heterocycles. The molecule has 1 aliphatic rings. The van der Waals surface area contributed by atoms with Gasteiger partial charge in [0.05, 0.1) is 12.7 Å². The fraction of sp³-hybridized carbons (Fsp3) is 1.00. The standard InChI is InChI=1S/C12H25NO2/c1-3-4-8-15-10-12(14)9-13-7-5-6-11(13)2/h11-12,14H,3-10H2,1-2H3/t11-,12+/m0/s1. The Bertz CT molecular complexity index is 164. The van der Waals surface area contributed by atoms with Crippen molar-refractivity contribution < 1.29 is 9.84 Å². The molecule has 0 aromatic carbocycles. The number of rotatable bonds is 7. The van der Waals surface area contributed by atoms with E-state index >= 15 is 0 Å². The number of aliphatic hydroxyl groups excluding tert-OH is 1. The van der Waals surface area contributed by atoms with Crippen molar-refractivity contribution in [1.29, 1.82) is 0 Å². The third-order valence-corrected chi connectivity index (χ3v) is 3.09. The maximum Gasteiger partial charge on any atom is 0.0900 e. The monoisotopic (exact) mass is 215 g/mol. The summed E-state index contributed by atoms with van der Waals surface area (Å²) in [7, 11) is 0. The summed E-state index contributed by atoms with van der Waals surface area (Å²) in [6.45, 7) is 7.55.